The van der Waals surface area contributed by atoms with Crippen LogP contribution in [0.4, 0.5) is 4.79 Å². The van der Waals surface area contributed by atoms with E-state index in [9.17, 15) is 29.1 Å². The summed E-state index contributed by atoms with van der Waals surface area (Å²) in [5.41, 5.74) is 6.34. The number of aliphatic hydroxyl groups excluding tert-OH is 1. The number of carbonyl (C=O) groups excluding carboxylic acids is 5. The number of nitrogens with two attached hydrogens (primary N) is 1. The highest BCUT2D eigenvalue weighted by atomic mass is 16.5. The third-order valence-electron chi connectivity index (χ3n) is 9.22. The van der Waals surface area contributed by atoms with Gasteiger partial charge >= 0.3 is 6.09 Å². The molecule has 2 aliphatic rings. The first kappa shape index (κ1) is 37.4. The molecule has 0 aromatic heterocycles. The number of amides is 5. The highest BCUT2D eigenvalue weighted by Crippen LogP contribution is 2.38. The second-order valence-corrected chi connectivity index (χ2v) is 14.3. The molecule has 1 saturated heterocycles. The number of nitrogens with zero attached hydrogens (tertiary/aromatic N) is 1. The number of aliphatic hydroxyl groups is 1. The van der Waals surface area contributed by atoms with Gasteiger partial charge in [-0.2, -0.15) is 0 Å². The molecule has 2 fully saturated rings. The fourth-order valence-electron chi connectivity index (χ4n) is 6.81. The summed E-state index contributed by atoms with van der Waals surface area (Å²) in [4.78, 5) is 67.4. The molecule has 0 unspecified atom stereocenters. The molecule has 12 nitrogen and oxygen atoms in total. The maximum atomic E-state index is 14.2. The Bertz CT molecular complexity index is 1430. The summed E-state index contributed by atoms with van der Waals surface area (Å²) in [6.07, 6.45) is 2.81. The van der Waals surface area contributed by atoms with E-state index in [4.69, 9.17) is 10.5 Å². The van der Waals surface area contributed by atoms with Crippen LogP contribution in [0.5, 0.6) is 0 Å². The van der Waals surface area contributed by atoms with Gasteiger partial charge in [-0.25, -0.2) is 4.79 Å². The van der Waals surface area contributed by atoms with Gasteiger partial charge in [0.15, 0.2) is 6.10 Å². The van der Waals surface area contributed by atoms with Crippen molar-refractivity contribution in [2.45, 2.75) is 109 Å². The van der Waals surface area contributed by atoms with Crippen LogP contribution in [0, 0.1) is 11.8 Å². The van der Waals surface area contributed by atoms with Crippen molar-refractivity contribution in [3.8, 4) is 0 Å². The molecule has 6 N–H and O–H groups in total. The fraction of sp³-hybridized carbons (Fsp3) is 0.541. The summed E-state index contributed by atoms with van der Waals surface area (Å²) in [5, 5.41) is 19.8. The predicted molar refractivity (Wildman–Crippen MR) is 184 cm³/mol. The first-order valence-corrected chi connectivity index (χ1v) is 17.2. The van der Waals surface area contributed by atoms with Gasteiger partial charge in [-0.3, -0.25) is 19.2 Å². The van der Waals surface area contributed by atoms with Crippen LogP contribution in [0.25, 0.3) is 0 Å². The minimum Gasteiger partial charge on any atom is -0.445 e. The van der Waals surface area contributed by atoms with Crippen molar-refractivity contribution < 1.29 is 33.8 Å². The molecule has 0 spiro atoms. The number of benzene rings is 2. The number of rotatable bonds is 13. The first-order valence-electron chi connectivity index (χ1n) is 17.2. The van der Waals surface area contributed by atoms with Crippen LogP contribution >= 0.6 is 0 Å². The number of hydrogen-bond donors (Lipinski definition) is 5. The van der Waals surface area contributed by atoms with Crippen molar-refractivity contribution in [2.75, 3.05) is 6.54 Å². The maximum absolute atomic E-state index is 14.2. The Morgan fingerprint density at radius 2 is 1.51 bits per heavy atom. The number of primary amides is 1. The van der Waals surface area contributed by atoms with Crippen LogP contribution in [0.1, 0.15) is 76.8 Å². The van der Waals surface area contributed by atoms with Gasteiger partial charge in [0.05, 0.1) is 12.5 Å². The lowest BCUT2D eigenvalue weighted by Crippen LogP contribution is -2.59. The highest BCUT2D eigenvalue weighted by molar-refractivity contribution is 5.93. The molecule has 2 aromatic rings. The van der Waals surface area contributed by atoms with Gasteiger partial charge in [-0.1, -0.05) is 92.8 Å². The van der Waals surface area contributed by atoms with Gasteiger partial charge in [-0.05, 0) is 56.6 Å². The van der Waals surface area contributed by atoms with E-state index in [1.807, 2.05) is 32.9 Å². The molecule has 1 aliphatic carbocycles. The molecular weight excluding hydrogens is 626 g/mol. The molecule has 5 atom stereocenters. The number of carbonyl (C=O) groups is 5. The van der Waals surface area contributed by atoms with E-state index in [1.54, 1.807) is 48.5 Å². The van der Waals surface area contributed by atoms with Crippen molar-refractivity contribution in [2.24, 2.45) is 17.6 Å². The normalized spacial score (nSPS) is 20.0. The molecule has 1 aliphatic heterocycles. The van der Waals surface area contributed by atoms with Crippen molar-refractivity contribution in [1.82, 2.24) is 20.9 Å². The Morgan fingerprint density at radius 3 is 2.10 bits per heavy atom. The molecule has 266 valence electrons. The lowest BCUT2D eigenvalue weighted by molar-refractivity contribution is -0.147. The van der Waals surface area contributed by atoms with Crippen molar-refractivity contribution >= 4 is 29.7 Å². The lowest BCUT2D eigenvalue weighted by Gasteiger charge is -2.32. The van der Waals surface area contributed by atoms with E-state index in [0.29, 0.717) is 18.9 Å². The highest BCUT2D eigenvalue weighted by Gasteiger charge is 2.46. The Morgan fingerprint density at radius 1 is 0.898 bits per heavy atom. The van der Waals surface area contributed by atoms with E-state index in [-0.39, 0.29) is 24.9 Å². The number of likely N-dealkylation sites (tertiary alicyclic amines) is 1. The summed E-state index contributed by atoms with van der Waals surface area (Å²) >= 11 is 0. The number of nitrogens with one attached hydrogen (secondary N) is 3. The summed E-state index contributed by atoms with van der Waals surface area (Å²) in [6.45, 7) is 5.88. The summed E-state index contributed by atoms with van der Waals surface area (Å²) < 4.78 is 5.24. The Kier molecular flexibility index (Phi) is 13.2. The van der Waals surface area contributed by atoms with Crippen molar-refractivity contribution in [1.29, 1.82) is 0 Å². The average molecular weight is 678 g/mol. The van der Waals surface area contributed by atoms with E-state index < -0.39 is 60.0 Å². The summed E-state index contributed by atoms with van der Waals surface area (Å²) in [5.74, 6) is -2.13. The van der Waals surface area contributed by atoms with Gasteiger partial charge in [0.25, 0.3) is 5.91 Å². The number of ether oxygens (including phenoxy) is 1. The zero-order valence-corrected chi connectivity index (χ0v) is 28.7. The average Bonchev–Trinajstić information content (AvgIpc) is 3.52. The van der Waals surface area contributed by atoms with Crippen LogP contribution in [-0.4, -0.2) is 76.0 Å². The lowest BCUT2D eigenvalue weighted by atomic mass is 9.79. The molecule has 4 rings (SSSR count). The first-order chi connectivity index (χ1) is 23.3. The quantitative estimate of drug-likeness (QED) is 0.216. The topological polar surface area (TPSA) is 180 Å². The Labute approximate surface area is 288 Å². The number of hydrogen-bond acceptors (Lipinski definition) is 7. The Hall–Kier alpha value is -4.45. The zero-order chi connectivity index (χ0) is 35.6. The minimum absolute atomic E-state index is 0.0555. The van der Waals surface area contributed by atoms with E-state index in [0.717, 1.165) is 36.8 Å². The molecule has 2 aromatic carbocycles. The zero-order valence-electron chi connectivity index (χ0n) is 28.7. The molecule has 0 radical (unpaired) electrons. The third-order valence-corrected chi connectivity index (χ3v) is 9.22. The molecular formula is C37H51N5O7. The minimum atomic E-state index is -1.74. The van der Waals surface area contributed by atoms with Crippen molar-refractivity contribution in [3.05, 3.63) is 71.8 Å². The Balaban J connectivity index is 1.54. The molecule has 49 heavy (non-hydrogen) atoms. The predicted octanol–water partition coefficient (Wildman–Crippen LogP) is 2.96. The second kappa shape index (κ2) is 17.3. The largest absolute Gasteiger partial charge is 0.445 e. The second-order valence-electron chi connectivity index (χ2n) is 14.3. The van der Waals surface area contributed by atoms with E-state index in [2.05, 4.69) is 16.0 Å². The van der Waals surface area contributed by atoms with Crippen LogP contribution in [0.3, 0.4) is 0 Å². The number of alkyl carbamates (subject to hydrolysis) is 1. The van der Waals surface area contributed by atoms with E-state index in [1.165, 1.54) is 11.3 Å². The molecule has 5 amide bonds. The summed E-state index contributed by atoms with van der Waals surface area (Å²) in [7, 11) is 0. The van der Waals surface area contributed by atoms with Gasteiger partial charge in [0.1, 0.15) is 18.7 Å². The molecule has 12 heteroatoms. The van der Waals surface area contributed by atoms with Crippen LogP contribution < -0.4 is 21.7 Å². The van der Waals surface area contributed by atoms with Gasteiger partial charge in [0, 0.05) is 12.1 Å². The van der Waals surface area contributed by atoms with Crippen LogP contribution in [0.2, 0.25) is 0 Å². The third kappa shape index (κ3) is 11.3. The van der Waals surface area contributed by atoms with Crippen LogP contribution in [0.15, 0.2) is 60.7 Å². The SMILES string of the molecule is CC(C)(C)NC(=O)[C@@H]1C[C@H](C2CCCCC2)CN1C(=O)[C@@H](O)[C@H](Cc1ccccc1)NC(=O)[C@H](CC(N)=O)NC(=O)OCc1ccccc1. The molecule has 0 bridgehead atoms. The van der Waals surface area contributed by atoms with Gasteiger partial charge in [0.2, 0.25) is 17.7 Å². The van der Waals surface area contributed by atoms with Gasteiger partial charge in [-0.15, -0.1) is 0 Å². The monoisotopic (exact) mass is 677 g/mol. The smallest absolute Gasteiger partial charge is 0.408 e. The fourth-order valence-corrected chi connectivity index (χ4v) is 6.81. The standard InChI is InChI=1S/C37H51N5O7/c1-37(2,3)41-34(46)30-20-27(26-17-11-6-12-18-26)22-42(30)35(47)32(44)28(19-24-13-7-4-8-14-24)39-33(45)29(21-31(38)43)40-36(48)49-23-25-15-9-5-10-16-25/h4-5,7-10,13-16,26-30,32,44H,6,11-12,17-23H2,1-3H3,(H2,38,43)(H,39,45)(H,40,48)(H,41,46)/t27-,28-,29-,30-,32-/m0/s1. The molecule has 1 saturated carbocycles. The van der Waals surface area contributed by atoms with Gasteiger partial charge < -0.3 is 36.4 Å². The summed E-state index contributed by atoms with van der Waals surface area (Å²) in [6, 6.07) is 14.6. The molecule has 1 heterocycles. The van der Waals surface area contributed by atoms with Crippen LogP contribution in [-0.2, 0) is 36.9 Å². The maximum Gasteiger partial charge on any atom is 0.408 e. The van der Waals surface area contributed by atoms with Crippen molar-refractivity contribution in [3.63, 3.8) is 0 Å². The van der Waals surface area contributed by atoms with E-state index >= 15 is 0 Å².